The fraction of sp³-hybridized carbons (Fsp3) is 0.150. The van der Waals surface area contributed by atoms with E-state index in [2.05, 4.69) is 17.4 Å². The summed E-state index contributed by atoms with van der Waals surface area (Å²) in [6, 6.07) is 23.4. The Morgan fingerprint density at radius 2 is 1.65 bits per heavy atom. The van der Waals surface area contributed by atoms with Gasteiger partial charge in [-0.2, -0.15) is 0 Å². The summed E-state index contributed by atoms with van der Waals surface area (Å²) in [5.74, 6) is -0.262. The van der Waals surface area contributed by atoms with Crippen molar-refractivity contribution in [1.82, 2.24) is 0 Å². The van der Waals surface area contributed by atoms with E-state index in [1.807, 2.05) is 67.6 Å². The van der Waals surface area contributed by atoms with E-state index in [4.69, 9.17) is 4.74 Å². The number of anilines is 1. The van der Waals surface area contributed by atoms with E-state index in [-0.39, 0.29) is 5.97 Å². The zero-order chi connectivity index (χ0) is 16.1. The lowest BCUT2D eigenvalue weighted by Crippen LogP contribution is -2.28. The van der Waals surface area contributed by atoms with Crippen LogP contribution in [0.3, 0.4) is 0 Å². The molecule has 3 nitrogen and oxygen atoms in total. The van der Waals surface area contributed by atoms with Gasteiger partial charge in [-0.3, -0.25) is 0 Å². The highest BCUT2D eigenvalue weighted by Gasteiger charge is 2.15. The molecular weight excluding hydrogens is 286 g/mol. The van der Waals surface area contributed by atoms with Crippen LogP contribution in [0.15, 0.2) is 72.8 Å². The van der Waals surface area contributed by atoms with E-state index in [0.717, 1.165) is 22.0 Å². The predicted octanol–water partition coefficient (Wildman–Crippen LogP) is 4.38. The molecule has 0 fully saturated rings. The molecule has 0 aliphatic carbocycles. The van der Waals surface area contributed by atoms with Crippen molar-refractivity contribution in [3.05, 3.63) is 78.4 Å². The number of carbonyl (C=O) groups is 1. The minimum absolute atomic E-state index is 0.262. The number of carbonyl (C=O) groups excluding carboxylic acids is 1. The summed E-state index contributed by atoms with van der Waals surface area (Å²) in [6.45, 7) is 2.11. The van der Waals surface area contributed by atoms with Gasteiger partial charge in [0.25, 0.3) is 0 Å². The topological polar surface area (TPSA) is 38.3 Å². The second-order valence-corrected chi connectivity index (χ2v) is 5.49. The zero-order valence-corrected chi connectivity index (χ0v) is 13.0. The van der Waals surface area contributed by atoms with E-state index in [1.54, 1.807) is 0 Å². The summed E-state index contributed by atoms with van der Waals surface area (Å²) < 4.78 is 5.37. The molecule has 0 saturated carbocycles. The van der Waals surface area contributed by atoms with Crippen LogP contribution in [0.5, 0.6) is 0 Å². The second kappa shape index (κ2) is 6.97. The van der Waals surface area contributed by atoms with Crippen LogP contribution in [0.1, 0.15) is 12.5 Å². The van der Waals surface area contributed by atoms with Gasteiger partial charge in [-0.05, 0) is 23.9 Å². The van der Waals surface area contributed by atoms with E-state index in [1.165, 1.54) is 0 Å². The summed E-state index contributed by atoms with van der Waals surface area (Å²) >= 11 is 0. The molecular formula is C20H19NO2. The van der Waals surface area contributed by atoms with E-state index in [9.17, 15) is 4.79 Å². The second-order valence-electron chi connectivity index (χ2n) is 5.49. The fourth-order valence-corrected chi connectivity index (χ4v) is 2.50. The third kappa shape index (κ3) is 3.69. The van der Waals surface area contributed by atoms with E-state index >= 15 is 0 Å². The Balaban J connectivity index is 1.66. The number of hydrogen-bond acceptors (Lipinski definition) is 3. The molecule has 3 rings (SSSR count). The molecule has 3 heteroatoms. The van der Waals surface area contributed by atoms with Crippen molar-refractivity contribution >= 4 is 22.4 Å². The molecule has 0 aromatic heterocycles. The number of fused-ring (bicyclic) bond motifs is 1. The van der Waals surface area contributed by atoms with Gasteiger partial charge in [0.1, 0.15) is 12.6 Å². The standard InChI is InChI=1S/C20H19NO2/c1-15(20(22)23-14-16-8-3-2-4-9-16)21-19-13-7-11-17-10-5-6-12-18(17)19/h2-13,15,21H,14H2,1H3/t15-/m1/s1. The average Bonchev–Trinajstić information content (AvgIpc) is 2.61. The molecule has 0 heterocycles. The molecule has 0 aliphatic rings. The Morgan fingerprint density at radius 3 is 2.48 bits per heavy atom. The van der Waals surface area contributed by atoms with Crippen LogP contribution in [0.25, 0.3) is 10.8 Å². The first-order valence-electron chi connectivity index (χ1n) is 7.69. The normalized spacial score (nSPS) is 11.9. The molecule has 116 valence electrons. The first kappa shape index (κ1) is 15.1. The van der Waals surface area contributed by atoms with Crippen molar-refractivity contribution in [3.8, 4) is 0 Å². The van der Waals surface area contributed by atoms with Crippen molar-refractivity contribution in [2.24, 2.45) is 0 Å². The van der Waals surface area contributed by atoms with Gasteiger partial charge >= 0.3 is 5.97 Å². The van der Waals surface area contributed by atoms with Crippen molar-refractivity contribution < 1.29 is 9.53 Å². The maximum Gasteiger partial charge on any atom is 0.328 e. The van der Waals surface area contributed by atoms with Crippen molar-refractivity contribution in [3.63, 3.8) is 0 Å². The minimum atomic E-state index is -0.412. The molecule has 0 spiro atoms. The third-order valence-electron chi connectivity index (χ3n) is 3.74. The fourth-order valence-electron chi connectivity index (χ4n) is 2.50. The van der Waals surface area contributed by atoms with Gasteiger partial charge in [0, 0.05) is 11.1 Å². The number of esters is 1. The number of rotatable bonds is 5. The monoisotopic (exact) mass is 305 g/mol. The maximum absolute atomic E-state index is 12.2. The van der Waals surface area contributed by atoms with Crippen LogP contribution >= 0.6 is 0 Å². The average molecular weight is 305 g/mol. The zero-order valence-electron chi connectivity index (χ0n) is 13.0. The Morgan fingerprint density at radius 1 is 0.957 bits per heavy atom. The Labute approximate surface area is 135 Å². The van der Waals surface area contributed by atoms with Crippen LogP contribution in [0.2, 0.25) is 0 Å². The summed E-state index contributed by atoms with van der Waals surface area (Å²) in [5.41, 5.74) is 1.92. The van der Waals surface area contributed by atoms with Gasteiger partial charge in [-0.25, -0.2) is 4.79 Å². The summed E-state index contributed by atoms with van der Waals surface area (Å²) in [7, 11) is 0. The summed E-state index contributed by atoms with van der Waals surface area (Å²) in [4.78, 5) is 12.2. The molecule has 0 saturated heterocycles. The molecule has 1 N–H and O–H groups in total. The van der Waals surface area contributed by atoms with Crippen LogP contribution in [-0.2, 0) is 16.1 Å². The molecule has 0 unspecified atom stereocenters. The lowest BCUT2D eigenvalue weighted by atomic mass is 10.1. The van der Waals surface area contributed by atoms with Crippen LogP contribution in [0, 0.1) is 0 Å². The highest BCUT2D eigenvalue weighted by atomic mass is 16.5. The Bertz CT molecular complexity index is 794. The number of hydrogen-bond donors (Lipinski definition) is 1. The molecule has 0 aliphatic heterocycles. The lowest BCUT2D eigenvalue weighted by Gasteiger charge is -2.16. The maximum atomic E-state index is 12.2. The Hall–Kier alpha value is -2.81. The van der Waals surface area contributed by atoms with Crippen LogP contribution in [0.4, 0.5) is 5.69 Å². The first-order chi connectivity index (χ1) is 11.2. The van der Waals surface area contributed by atoms with Crippen LogP contribution in [-0.4, -0.2) is 12.0 Å². The molecule has 3 aromatic carbocycles. The van der Waals surface area contributed by atoms with Crippen molar-refractivity contribution in [2.45, 2.75) is 19.6 Å². The predicted molar refractivity (Wildman–Crippen MR) is 93.3 cm³/mol. The molecule has 0 radical (unpaired) electrons. The quantitative estimate of drug-likeness (QED) is 0.711. The number of ether oxygens (including phenoxy) is 1. The summed E-state index contributed by atoms with van der Waals surface area (Å²) in [5, 5.41) is 5.48. The van der Waals surface area contributed by atoms with E-state index < -0.39 is 6.04 Å². The molecule has 0 amide bonds. The Kier molecular flexibility index (Phi) is 4.57. The third-order valence-corrected chi connectivity index (χ3v) is 3.74. The molecule has 23 heavy (non-hydrogen) atoms. The smallest absolute Gasteiger partial charge is 0.328 e. The molecule has 3 aromatic rings. The van der Waals surface area contributed by atoms with Crippen LogP contribution < -0.4 is 5.32 Å². The first-order valence-corrected chi connectivity index (χ1v) is 7.69. The SMILES string of the molecule is C[C@@H](Nc1cccc2ccccc12)C(=O)OCc1ccccc1. The van der Waals surface area contributed by atoms with Crippen molar-refractivity contribution in [2.75, 3.05) is 5.32 Å². The minimum Gasteiger partial charge on any atom is -0.459 e. The van der Waals surface area contributed by atoms with Gasteiger partial charge in [-0.1, -0.05) is 66.7 Å². The van der Waals surface area contributed by atoms with Crippen molar-refractivity contribution in [1.29, 1.82) is 0 Å². The highest BCUT2D eigenvalue weighted by Crippen LogP contribution is 2.23. The molecule has 0 bridgehead atoms. The van der Waals surface area contributed by atoms with Gasteiger partial charge in [0.05, 0.1) is 0 Å². The lowest BCUT2D eigenvalue weighted by molar-refractivity contribution is -0.145. The van der Waals surface area contributed by atoms with Gasteiger partial charge in [0.15, 0.2) is 0 Å². The highest BCUT2D eigenvalue weighted by molar-refractivity contribution is 5.95. The molecule has 1 atom stereocenters. The van der Waals surface area contributed by atoms with Gasteiger partial charge in [0.2, 0.25) is 0 Å². The van der Waals surface area contributed by atoms with Gasteiger partial charge in [-0.15, -0.1) is 0 Å². The summed E-state index contributed by atoms with van der Waals surface area (Å²) in [6.07, 6.45) is 0. The number of nitrogens with one attached hydrogen (secondary N) is 1. The van der Waals surface area contributed by atoms with E-state index in [0.29, 0.717) is 6.61 Å². The largest absolute Gasteiger partial charge is 0.459 e. The van der Waals surface area contributed by atoms with Gasteiger partial charge < -0.3 is 10.1 Å². The number of benzene rings is 3.